The third kappa shape index (κ3) is 12.3. The van der Waals surface area contributed by atoms with Crippen LogP contribution >= 0.6 is 0 Å². The number of carbonyl (C=O) groups excluding carboxylic acids is 2. The quantitative estimate of drug-likeness (QED) is 0.0496. The maximum Gasteiger partial charge on any atom is 0.306 e. The molecule has 0 heterocycles. The number of carbonyl (C=O) groups is 2. The maximum absolute atomic E-state index is 12.8. The van der Waals surface area contributed by atoms with Crippen molar-refractivity contribution in [1.82, 2.24) is 5.32 Å². The Hall–Kier alpha value is -1.41. The van der Waals surface area contributed by atoms with Gasteiger partial charge in [-0.15, -0.1) is 0 Å². The van der Waals surface area contributed by atoms with Gasteiger partial charge in [0.05, 0.1) is 5.75 Å². The van der Waals surface area contributed by atoms with Crippen molar-refractivity contribution in [3.8, 4) is 0 Å². The van der Waals surface area contributed by atoms with E-state index < -0.39 is 15.9 Å². The number of nitrogens with one attached hydrogen (secondary N) is 1. The van der Waals surface area contributed by atoms with E-state index in [2.05, 4.69) is 45.2 Å². The van der Waals surface area contributed by atoms with Crippen molar-refractivity contribution in [3.05, 3.63) is 12.2 Å². The molecule has 4 rings (SSSR count). The summed E-state index contributed by atoms with van der Waals surface area (Å²) in [6, 6.07) is 0. The molecule has 0 bridgehead atoms. The van der Waals surface area contributed by atoms with Gasteiger partial charge in [0.15, 0.2) is 0 Å². The number of unbranched alkanes of at least 4 members (excludes halogenated alkanes) is 10. The van der Waals surface area contributed by atoms with Gasteiger partial charge in [-0.2, -0.15) is 8.42 Å². The lowest BCUT2D eigenvalue weighted by molar-refractivity contribution is -0.162. The van der Waals surface area contributed by atoms with Crippen LogP contribution < -0.4 is 5.32 Å². The van der Waals surface area contributed by atoms with Gasteiger partial charge < -0.3 is 10.1 Å². The fraction of sp³-hybridized carbons (Fsp3) is 0.907. The molecule has 0 radical (unpaired) electrons. The second-order valence-corrected chi connectivity index (χ2v) is 19.5. The third-order valence-electron chi connectivity index (χ3n) is 14.6. The summed E-state index contributed by atoms with van der Waals surface area (Å²) in [5.41, 5.74) is 0.670. The van der Waals surface area contributed by atoms with Crippen LogP contribution in [0.2, 0.25) is 0 Å². The van der Waals surface area contributed by atoms with E-state index in [-0.39, 0.29) is 24.5 Å². The molecule has 4 saturated carbocycles. The molecule has 8 heteroatoms. The third-order valence-corrected chi connectivity index (χ3v) is 15.3. The second kappa shape index (κ2) is 20.3. The van der Waals surface area contributed by atoms with E-state index in [0.29, 0.717) is 41.4 Å². The number of hydrogen-bond donors (Lipinski definition) is 2. The number of rotatable bonds is 22. The van der Waals surface area contributed by atoms with Crippen LogP contribution in [0.4, 0.5) is 0 Å². The summed E-state index contributed by atoms with van der Waals surface area (Å²) in [5.74, 6) is 3.46. The van der Waals surface area contributed by atoms with Gasteiger partial charge in [-0.3, -0.25) is 14.1 Å². The van der Waals surface area contributed by atoms with E-state index >= 15 is 0 Å². The highest BCUT2D eigenvalue weighted by Crippen LogP contribution is 2.68. The minimum absolute atomic E-state index is 0.0225. The first-order valence-corrected chi connectivity index (χ1v) is 23.0. The van der Waals surface area contributed by atoms with Crippen LogP contribution in [-0.4, -0.2) is 43.2 Å². The van der Waals surface area contributed by atoms with Gasteiger partial charge in [0.1, 0.15) is 6.10 Å². The lowest BCUT2D eigenvalue weighted by Crippen LogP contribution is -2.54. The van der Waals surface area contributed by atoms with Gasteiger partial charge in [0.25, 0.3) is 10.1 Å². The van der Waals surface area contributed by atoms with Gasteiger partial charge in [-0.25, -0.2) is 0 Å². The van der Waals surface area contributed by atoms with Crippen molar-refractivity contribution < 1.29 is 27.3 Å². The minimum Gasteiger partial charge on any atom is -0.462 e. The Morgan fingerprint density at radius 2 is 1.47 bits per heavy atom. The molecule has 9 atom stereocenters. The largest absolute Gasteiger partial charge is 0.462 e. The normalized spacial score (nSPS) is 32.6. The fourth-order valence-electron chi connectivity index (χ4n) is 11.7. The molecular weight excluding hydrogens is 659 g/mol. The molecule has 9 unspecified atom stereocenters. The molecule has 0 saturated heterocycles. The number of fused-ring (bicyclic) bond motifs is 5. The highest BCUT2D eigenvalue weighted by atomic mass is 32.2. The monoisotopic (exact) mass is 734 g/mol. The summed E-state index contributed by atoms with van der Waals surface area (Å²) < 4.78 is 37.0. The lowest BCUT2D eigenvalue weighted by atomic mass is 9.44. The molecule has 0 aromatic carbocycles. The van der Waals surface area contributed by atoms with Crippen molar-refractivity contribution >= 4 is 22.0 Å². The Labute approximate surface area is 312 Å². The van der Waals surface area contributed by atoms with Crippen molar-refractivity contribution in [2.75, 3.05) is 12.3 Å². The lowest BCUT2D eigenvalue weighted by Gasteiger charge is -2.61. The summed E-state index contributed by atoms with van der Waals surface area (Å²) in [6.07, 6.45) is 32.5. The summed E-state index contributed by atoms with van der Waals surface area (Å²) >= 11 is 0. The topological polar surface area (TPSA) is 110 Å². The van der Waals surface area contributed by atoms with Crippen molar-refractivity contribution in [2.24, 2.45) is 46.3 Å². The highest BCUT2D eigenvalue weighted by molar-refractivity contribution is 7.85. The molecule has 51 heavy (non-hydrogen) atoms. The Morgan fingerprint density at radius 3 is 2.18 bits per heavy atom. The summed E-state index contributed by atoms with van der Waals surface area (Å²) in [6.45, 7) is 9.67. The van der Waals surface area contributed by atoms with Crippen LogP contribution in [0.5, 0.6) is 0 Å². The molecule has 0 aromatic heterocycles. The Kier molecular flexibility index (Phi) is 16.9. The molecular formula is C43H75NO6S. The molecule has 0 spiro atoms. The molecule has 7 nitrogen and oxygen atoms in total. The molecule has 294 valence electrons. The van der Waals surface area contributed by atoms with E-state index in [4.69, 9.17) is 9.29 Å². The molecule has 2 N–H and O–H groups in total. The van der Waals surface area contributed by atoms with Crippen LogP contribution in [0.15, 0.2) is 12.2 Å². The van der Waals surface area contributed by atoms with Crippen LogP contribution in [0.25, 0.3) is 0 Å². The van der Waals surface area contributed by atoms with Crippen molar-refractivity contribution in [2.45, 2.75) is 188 Å². The number of ether oxygens (including phenoxy) is 1. The van der Waals surface area contributed by atoms with E-state index in [1.807, 2.05) is 0 Å². The average Bonchev–Trinajstić information content (AvgIpc) is 3.44. The van der Waals surface area contributed by atoms with Crippen LogP contribution in [0, 0.1) is 46.3 Å². The van der Waals surface area contributed by atoms with E-state index in [0.717, 1.165) is 49.9 Å². The molecule has 4 fully saturated rings. The van der Waals surface area contributed by atoms with Crippen LogP contribution in [0.3, 0.4) is 0 Å². The maximum atomic E-state index is 12.8. The van der Waals surface area contributed by atoms with Gasteiger partial charge in [0, 0.05) is 19.4 Å². The van der Waals surface area contributed by atoms with E-state index in [1.165, 1.54) is 109 Å². The van der Waals surface area contributed by atoms with Gasteiger partial charge >= 0.3 is 5.97 Å². The molecule has 0 aliphatic heterocycles. The molecule has 4 aliphatic carbocycles. The summed E-state index contributed by atoms with van der Waals surface area (Å²) in [5, 5.41) is 2.65. The van der Waals surface area contributed by atoms with Gasteiger partial charge in [-0.1, -0.05) is 84.8 Å². The number of amides is 1. The van der Waals surface area contributed by atoms with Gasteiger partial charge in [0.2, 0.25) is 5.91 Å². The first kappa shape index (κ1) is 42.3. The fourth-order valence-corrected chi connectivity index (χ4v) is 12.0. The number of esters is 1. The van der Waals surface area contributed by atoms with Crippen molar-refractivity contribution in [1.29, 1.82) is 0 Å². The first-order chi connectivity index (χ1) is 24.4. The number of allylic oxidation sites excluding steroid dienone is 2. The SMILES string of the molecule is CCCCCCC/C=C\CCCCCCCC(=O)OC1CCC2(C)C(CCC3C2CCC2(C)C(C(C)CCC(=O)NCCS(=O)(=O)O)CCC32)C1. The predicted octanol–water partition coefficient (Wildman–Crippen LogP) is 10.6. The Bertz CT molecular complexity index is 1220. The zero-order valence-corrected chi connectivity index (χ0v) is 33.8. The van der Waals surface area contributed by atoms with Gasteiger partial charge in [-0.05, 0) is 143 Å². The van der Waals surface area contributed by atoms with Crippen molar-refractivity contribution in [3.63, 3.8) is 0 Å². The zero-order chi connectivity index (χ0) is 36.9. The average molecular weight is 734 g/mol. The molecule has 0 aromatic rings. The smallest absolute Gasteiger partial charge is 0.306 e. The zero-order valence-electron chi connectivity index (χ0n) is 33.0. The Balaban J connectivity index is 1.12. The minimum atomic E-state index is -4.06. The van der Waals surface area contributed by atoms with E-state index in [9.17, 15) is 18.0 Å². The summed E-state index contributed by atoms with van der Waals surface area (Å²) in [7, 11) is -4.06. The molecule has 1 amide bonds. The predicted molar refractivity (Wildman–Crippen MR) is 208 cm³/mol. The van der Waals surface area contributed by atoms with E-state index in [1.54, 1.807) is 0 Å². The number of hydrogen-bond acceptors (Lipinski definition) is 5. The van der Waals surface area contributed by atoms with Crippen LogP contribution in [0.1, 0.15) is 182 Å². The first-order valence-electron chi connectivity index (χ1n) is 21.4. The molecule has 4 aliphatic rings. The van der Waals surface area contributed by atoms with Crippen LogP contribution in [-0.2, 0) is 24.4 Å². The summed E-state index contributed by atoms with van der Waals surface area (Å²) in [4.78, 5) is 25.2. The second-order valence-electron chi connectivity index (χ2n) is 17.9. The highest BCUT2D eigenvalue weighted by Gasteiger charge is 2.60. The Morgan fingerprint density at radius 1 is 0.824 bits per heavy atom. The standard InChI is InChI=1S/C43H75NO6S/c1-5-6-7-8-9-10-11-12-13-14-15-16-17-18-19-41(46)50-35-26-28-42(3)34(32-35)21-22-36-38-24-23-37(43(38,4)29-27-39(36)42)33(2)20-25-40(45)44-30-31-51(47,48)49/h11-12,33-39H,5-10,13-32H2,1-4H3,(H,44,45)(H,47,48,49)/b12-11-.